The van der Waals surface area contributed by atoms with Gasteiger partial charge in [-0.3, -0.25) is 0 Å². The topological polar surface area (TPSA) is 51.8 Å². The van der Waals surface area contributed by atoms with Gasteiger partial charge in [-0.25, -0.2) is 15.0 Å². The van der Waals surface area contributed by atoms with Crippen LogP contribution in [-0.2, 0) is 5.41 Å². The molecule has 4 heteroatoms. The van der Waals surface area contributed by atoms with Crippen LogP contribution in [0.3, 0.4) is 0 Å². The highest BCUT2D eigenvalue weighted by Gasteiger charge is 2.51. The first-order valence-corrected chi connectivity index (χ1v) is 19.0. The Kier molecular flexibility index (Phi) is 6.52. The summed E-state index contributed by atoms with van der Waals surface area (Å²) in [7, 11) is 0. The van der Waals surface area contributed by atoms with Crippen molar-refractivity contribution in [2.45, 2.75) is 5.41 Å². The average Bonchev–Trinajstić information content (AvgIpc) is 3.91. The highest BCUT2D eigenvalue weighted by atomic mass is 16.3. The molecule has 2 aromatic heterocycles. The van der Waals surface area contributed by atoms with E-state index in [-0.39, 0.29) is 5.41 Å². The van der Waals surface area contributed by atoms with E-state index in [0.717, 1.165) is 44.2 Å². The van der Waals surface area contributed by atoms with Crippen molar-refractivity contribution >= 4 is 21.9 Å². The Bertz CT molecular complexity index is 3130. The highest BCUT2D eigenvalue weighted by molar-refractivity contribution is 6.09. The molecular weight excluding hydrogens is 683 g/mol. The molecule has 0 N–H and O–H groups in total. The van der Waals surface area contributed by atoms with Gasteiger partial charge in [0.15, 0.2) is 17.5 Å². The summed E-state index contributed by atoms with van der Waals surface area (Å²) in [5, 5.41) is 2.11. The molecule has 4 nitrogen and oxygen atoms in total. The first-order chi connectivity index (χ1) is 27.8. The molecule has 0 amide bonds. The second-order valence-corrected chi connectivity index (χ2v) is 14.7. The third kappa shape index (κ3) is 4.32. The van der Waals surface area contributed by atoms with Gasteiger partial charge in [0.2, 0.25) is 0 Å². The van der Waals surface area contributed by atoms with Crippen LogP contribution in [-0.4, -0.2) is 15.0 Å². The third-order valence-corrected chi connectivity index (χ3v) is 11.8. The van der Waals surface area contributed by atoms with Crippen molar-refractivity contribution in [1.82, 2.24) is 15.0 Å². The zero-order valence-corrected chi connectivity index (χ0v) is 30.1. The van der Waals surface area contributed by atoms with Crippen LogP contribution < -0.4 is 0 Å². The van der Waals surface area contributed by atoms with Crippen molar-refractivity contribution in [3.63, 3.8) is 0 Å². The molecule has 0 bridgehead atoms. The Hall–Kier alpha value is -7.43. The number of aromatic nitrogens is 3. The van der Waals surface area contributed by atoms with E-state index in [0.29, 0.717) is 17.5 Å². The molecule has 0 aliphatic heterocycles. The van der Waals surface area contributed by atoms with E-state index in [1.165, 1.54) is 50.1 Å². The number of hydrogen-bond acceptors (Lipinski definition) is 4. The fraction of sp³-hybridized carbons (Fsp3) is 0.0192. The summed E-state index contributed by atoms with van der Waals surface area (Å²) in [5.74, 6) is 1.79. The Balaban J connectivity index is 0.993. The van der Waals surface area contributed by atoms with Gasteiger partial charge in [-0.1, -0.05) is 170 Å². The predicted octanol–water partition coefficient (Wildman–Crippen LogP) is 12.8. The molecule has 12 rings (SSSR count). The fourth-order valence-electron chi connectivity index (χ4n) is 9.35. The number of hydrogen-bond donors (Lipinski definition) is 0. The summed E-state index contributed by atoms with van der Waals surface area (Å²) in [6, 6.07) is 66.8. The number of fused-ring (bicyclic) bond motifs is 13. The smallest absolute Gasteiger partial charge is 0.167 e. The Morgan fingerprint density at radius 1 is 0.321 bits per heavy atom. The minimum absolute atomic E-state index is 0.382. The minimum Gasteiger partial charge on any atom is -0.455 e. The molecule has 260 valence electrons. The minimum atomic E-state index is -0.382. The zero-order valence-electron chi connectivity index (χ0n) is 30.1. The molecule has 0 unspecified atom stereocenters. The third-order valence-electron chi connectivity index (χ3n) is 11.8. The molecular formula is C52H31N3O. The standard InChI is InChI=1S/C52H31N3O/c1-2-13-33(14-3-1)49-53-50(55-51(54-49)42-20-12-19-41-40-18-7-11-24-47(40)56-48(41)42)34-27-25-32(26-28-34)35-29-30-39-38-17-6-10-23-45(38)52(46(39)31-35)43-21-8-4-15-36(43)37-16-5-9-22-44(37)52/h1-31H. The van der Waals surface area contributed by atoms with Crippen LogP contribution in [0.25, 0.3) is 89.5 Å². The quantitative estimate of drug-likeness (QED) is 0.182. The van der Waals surface area contributed by atoms with Gasteiger partial charge in [0, 0.05) is 21.9 Å². The van der Waals surface area contributed by atoms with Crippen LogP contribution in [0.5, 0.6) is 0 Å². The van der Waals surface area contributed by atoms with Gasteiger partial charge in [-0.2, -0.15) is 0 Å². The lowest BCUT2D eigenvalue weighted by Crippen LogP contribution is -2.25. The first kappa shape index (κ1) is 31.0. The second-order valence-electron chi connectivity index (χ2n) is 14.7. The van der Waals surface area contributed by atoms with Crippen molar-refractivity contribution in [1.29, 1.82) is 0 Å². The van der Waals surface area contributed by atoms with Gasteiger partial charge < -0.3 is 4.42 Å². The number of nitrogens with zero attached hydrogens (tertiary/aromatic N) is 3. The molecule has 2 heterocycles. The maximum Gasteiger partial charge on any atom is 0.167 e. The van der Waals surface area contributed by atoms with E-state index >= 15 is 0 Å². The van der Waals surface area contributed by atoms with Gasteiger partial charge in [0.25, 0.3) is 0 Å². The van der Waals surface area contributed by atoms with E-state index in [2.05, 4.69) is 127 Å². The highest BCUT2D eigenvalue weighted by Crippen LogP contribution is 2.63. The zero-order chi connectivity index (χ0) is 36.8. The van der Waals surface area contributed by atoms with E-state index in [9.17, 15) is 0 Å². The lowest BCUT2D eigenvalue weighted by atomic mass is 9.70. The Morgan fingerprint density at radius 3 is 1.48 bits per heavy atom. The molecule has 0 radical (unpaired) electrons. The van der Waals surface area contributed by atoms with Crippen LogP contribution in [0.4, 0.5) is 0 Å². The predicted molar refractivity (Wildman–Crippen MR) is 225 cm³/mol. The number of furan rings is 1. The number of rotatable bonds is 4. The summed E-state index contributed by atoms with van der Waals surface area (Å²) in [6.45, 7) is 0. The molecule has 56 heavy (non-hydrogen) atoms. The fourth-order valence-corrected chi connectivity index (χ4v) is 9.35. The summed E-state index contributed by atoms with van der Waals surface area (Å²) in [4.78, 5) is 15.2. The maximum atomic E-state index is 6.42. The van der Waals surface area contributed by atoms with E-state index in [4.69, 9.17) is 19.4 Å². The first-order valence-electron chi connectivity index (χ1n) is 19.0. The van der Waals surface area contributed by atoms with E-state index < -0.39 is 0 Å². The Morgan fingerprint density at radius 2 is 0.804 bits per heavy atom. The van der Waals surface area contributed by atoms with Crippen LogP contribution in [0.15, 0.2) is 192 Å². The molecule has 2 aliphatic carbocycles. The van der Waals surface area contributed by atoms with Crippen LogP contribution in [0.1, 0.15) is 22.3 Å². The van der Waals surface area contributed by atoms with Gasteiger partial charge in [0.05, 0.1) is 11.0 Å². The van der Waals surface area contributed by atoms with Gasteiger partial charge in [0.1, 0.15) is 11.2 Å². The van der Waals surface area contributed by atoms with Crippen LogP contribution >= 0.6 is 0 Å². The molecule has 2 aliphatic rings. The van der Waals surface area contributed by atoms with Crippen LogP contribution in [0.2, 0.25) is 0 Å². The average molecular weight is 714 g/mol. The molecule has 0 atom stereocenters. The van der Waals surface area contributed by atoms with Crippen molar-refractivity contribution < 1.29 is 4.42 Å². The summed E-state index contributed by atoms with van der Waals surface area (Å²) >= 11 is 0. The molecule has 1 spiro atoms. The van der Waals surface area contributed by atoms with Gasteiger partial charge >= 0.3 is 0 Å². The van der Waals surface area contributed by atoms with E-state index in [1.54, 1.807) is 0 Å². The largest absolute Gasteiger partial charge is 0.455 e. The monoisotopic (exact) mass is 713 g/mol. The van der Waals surface area contributed by atoms with Crippen molar-refractivity contribution in [3.05, 3.63) is 210 Å². The molecule has 10 aromatic rings. The van der Waals surface area contributed by atoms with Gasteiger partial charge in [-0.15, -0.1) is 0 Å². The normalized spacial score (nSPS) is 13.1. The molecule has 0 fully saturated rings. The Labute approximate surface area is 323 Å². The number of para-hydroxylation sites is 2. The lowest BCUT2D eigenvalue weighted by Gasteiger charge is -2.30. The molecule has 0 saturated carbocycles. The summed E-state index contributed by atoms with van der Waals surface area (Å²) in [6.07, 6.45) is 0. The maximum absolute atomic E-state index is 6.42. The van der Waals surface area contributed by atoms with Crippen molar-refractivity contribution in [2.75, 3.05) is 0 Å². The number of benzene rings is 8. The lowest BCUT2D eigenvalue weighted by molar-refractivity contribution is 0.669. The second kappa shape index (κ2) is 11.8. The summed E-state index contributed by atoms with van der Waals surface area (Å²) < 4.78 is 6.42. The van der Waals surface area contributed by atoms with Crippen molar-refractivity contribution in [3.8, 4) is 67.5 Å². The van der Waals surface area contributed by atoms with Crippen molar-refractivity contribution in [2.24, 2.45) is 0 Å². The molecule has 0 saturated heterocycles. The molecule has 8 aromatic carbocycles. The van der Waals surface area contributed by atoms with Crippen LogP contribution in [0, 0.1) is 0 Å². The summed E-state index contributed by atoms with van der Waals surface area (Å²) in [5.41, 5.74) is 16.8. The SMILES string of the molecule is c1ccc(-c2nc(-c3ccc(-c4ccc5c(c4)C4(c6ccccc6-c6ccccc64)c4ccccc4-5)cc3)nc(-c3cccc4c3oc3ccccc34)n2)cc1. The van der Waals surface area contributed by atoms with Gasteiger partial charge in [-0.05, 0) is 73.8 Å². The van der Waals surface area contributed by atoms with E-state index in [1.807, 2.05) is 60.7 Å².